The normalized spacial score (nSPS) is 16.4. The molecule has 0 N–H and O–H groups in total. The number of hydrogen-bond acceptors (Lipinski definition) is 4. The lowest BCUT2D eigenvalue weighted by atomic mass is 9.95. The molecule has 1 fully saturated rings. The van der Waals surface area contributed by atoms with Gasteiger partial charge in [-0.05, 0) is 12.8 Å². The van der Waals surface area contributed by atoms with Crippen LogP contribution in [0.1, 0.15) is 32.1 Å². The highest BCUT2D eigenvalue weighted by atomic mass is 19.4. The van der Waals surface area contributed by atoms with Crippen LogP contribution < -0.4 is 0 Å². The molecule has 5 nitrogen and oxygen atoms in total. The summed E-state index contributed by atoms with van der Waals surface area (Å²) in [7, 11) is 0. The molecule has 20 heavy (non-hydrogen) atoms. The zero-order valence-corrected chi connectivity index (χ0v) is 10.8. The SMILES string of the molecule is C=CCOC(=O)N(OC(=O)C(F)(F)F)C1CCCCC1. The van der Waals surface area contributed by atoms with Crippen LogP contribution in [0.25, 0.3) is 0 Å². The third-order valence-electron chi connectivity index (χ3n) is 2.82. The molecular formula is C12H16F3NO4. The Morgan fingerprint density at radius 2 is 1.85 bits per heavy atom. The minimum absolute atomic E-state index is 0.175. The van der Waals surface area contributed by atoms with Gasteiger partial charge in [0.15, 0.2) is 0 Å². The Kier molecular flexibility index (Phi) is 5.84. The first-order valence-corrected chi connectivity index (χ1v) is 6.22. The summed E-state index contributed by atoms with van der Waals surface area (Å²) >= 11 is 0. The van der Waals surface area contributed by atoms with Crippen LogP contribution in [-0.2, 0) is 14.4 Å². The molecule has 0 unspecified atom stereocenters. The molecule has 0 aliphatic heterocycles. The summed E-state index contributed by atoms with van der Waals surface area (Å²) in [5, 5.41) is 0.401. The quantitative estimate of drug-likeness (QED) is 0.593. The molecule has 1 aliphatic carbocycles. The Morgan fingerprint density at radius 1 is 1.25 bits per heavy atom. The topological polar surface area (TPSA) is 55.8 Å². The number of amides is 1. The first-order valence-electron chi connectivity index (χ1n) is 6.22. The minimum atomic E-state index is -5.16. The maximum absolute atomic E-state index is 12.2. The van der Waals surface area contributed by atoms with Crippen LogP contribution in [0.15, 0.2) is 12.7 Å². The molecule has 0 atom stereocenters. The van der Waals surface area contributed by atoms with Crippen molar-refractivity contribution in [2.24, 2.45) is 0 Å². The Bertz CT molecular complexity index is 364. The Balaban J connectivity index is 2.74. The van der Waals surface area contributed by atoms with Crippen LogP contribution in [0.5, 0.6) is 0 Å². The fraction of sp³-hybridized carbons (Fsp3) is 0.667. The summed E-state index contributed by atoms with van der Waals surface area (Å²) in [6.07, 6.45) is -1.65. The van der Waals surface area contributed by atoms with Crippen molar-refractivity contribution in [3.05, 3.63) is 12.7 Å². The van der Waals surface area contributed by atoms with Gasteiger partial charge in [0.2, 0.25) is 0 Å². The van der Waals surface area contributed by atoms with Crippen molar-refractivity contribution >= 4 is 12.1 Å². The van der Waals surface area contributed by atoms with Gasteiger partial charge in [-0.25, -0.2) is 9.59 Å². The largest absolute Gasteiger partial charge is 0.493 e. The minimum Gasteiger partial charge on any atom is -0.443 e. The van der Waals surface area contributed by atoms with Gasteiger partial charge in [0.1, 0.15) is 6.61 Å². The van der Waals surface area contributed by atoms with E-state index >= 15 is 0 Å². The Morgan fingerprint density at radius 3 is 2.35 bits per heavy atom. The Hall–Kier alpha value is -1.73. The number of carbonyl (C=O) groups is 2. The second-order valence-electron chi connectivity index (χ2n) is 4.36. The van der Waals surface area contributed by atoms with Gasteiger partial charge in [-0.2, -0.15) is 13.2 Å². The van der Waals surface area contributed by atoms with E-state index in [-0.39, 0.29) is 6.61 Å². The number of halogens is 3. The lowest BCUT2D eigenvalue weighted by Gasteiger charge is -2.31. The van der Waals surface area contributed by atoms with Crippen molar-refractivity contribution in [1.29, 1.82) is 0 Å². The molecule has 1 saturated carbocycles. The van der Waals surface area contributed by atoms with Crippen molar-refractivity contribution in [1.82, 2.24) is 5.06 Å². The second-order valence-corrected chi connectivity index (χ2v) is 4.36. The molecule has 0 radical (unpaired) electrons. The van der Waals surface area contributed by atoms with Crippen LogP contribution >= 0.6 is 0 Å². The maximum atomic E-state index is 12.2. The summed E-state index contributed by atoms with van der Waals surface area (Å²) in [4.78, 5) is 26.7. The van der Waals surface area contributed by atoms with Gasteiger partial charge in [-0.3, -0.25) is 0 Å². The molecule has 1 aliphatic rings. The zero-order valence-electron chi connectivity index (χ0n) is 10.8. The number of alkyl halides is 3. The van der Waals surface area contributed by atoms with E-state index in [1.54, 1.807) is 0 Å². The highest BCUT2D eigenvalue weighted by Gasteiger charge is 2.45. The van der Waals surface area contributed by atoms with Crippen LogP contribution in [-0.4, -0.2) is 36.0 Å². The highest BCUT2D eigenvalue weighted by molar-refractivity contribution is 5.77. The smallest absolute Gasteiger partial charge is 0.443 e. The van der Waals surface area contributed by atoms with Crippen molar-refractivity contribution < 1.29 is 32.3 Å². The zero-order chi connectivity index (χ0) is 15.2. The standard InChI is InChI=1S/C12H16F3NO4/c1-2-8-19-11(18)16(9-6-4-3-5-7-9)20-10(17)12(13,14)15/h2,9H,1,3-8H2. The van der Waals surface area contributed by atoms with E-state index in [4.69, 9.17) is 0 Å². The predicted molar refractivity (Wildman–Crippen MR) is 62.4 cm³/mol. The summed E-state index contributed by atoms with van der Waals surface area (Å²) in [6.45, 7) is 3.15. The van der Waals surface area contributed by atoms with Crippen molar-refractivity contribution in [3.63, 3.8) is 0 Å². The Labute approximate surface area is 114 Å². The molecule has 0 saturated heterocycles. The van der Waals surface area contributed by atoms with Gasteiger partial charge in [0, 0.05) is 0 Å². The predicted octanol–water partition coefficient (Wildman–Crippen LogP) is 2.96. The van der Waals surface area contributed by atoms with Gasteiger partial charge in [0.25, 0.3) is 0 Å². The van der Waals surface area contributed by atoms with Crippen LogP contribution in [0, 0.1) is 0 Å². The lowest BCUT2D eigenvalue weighted by Crippen LogP contribution is -2.45. The first-order chi connectivity index (χ1) is 9.36. The van der Waals surface area contributed by atoms with Crippen LogP contribution in [0.2, 0.25) is 0 Å². The van der Waals surface area contributed by atoms with E-state index in [9.17, 15) is 22.8 Å². The molecule has 0 heterocycles. The van der Waals surface area contributed by atoms with E-state index < -0.39 is 24.3 Å². The summed E-state index contributed by atoms with van der Waals surface area (Å²) < 4.78 is 41.3. The molecule has 0 bridgehead atoms. The summed E-state index contributed by atoms with van der Waals surface area (Å²) in [6, 6.07) is -0.590. The van der Waals surface area contributed by atoms with E-state index in [1.807, 2.05) is 0 Å². The number of carbonyl (C=O) groups excluding carboxylic acids is 2. The van der Waals surface area contributed by atoms with Gasteiger partial charge in [0.05, 0.1) is 6.04 Å². The fourth-order valence-electron chi connectivity index (χ4n) is 1.91. The van der Waals surface area contributed by atoms with Crippen molar-refractivity contribution in [2.45, 2.75) is 44.3 Å². The maximum Gasteiger partial charge on any atom is 0.493 e. The molecular weight excluding hydrogens is 279 g/mol. The summed E-state index contributed by atoms with van der Waals surface area (Å²) in [5.74, 6) is -2.43. The first kappa shape index (κ1) is 16.3. The van der Waals surface area contributed by atoms with E-state index in [2.05, 4.69) is 16.2 Å². The third-order valence-corrected chi connectivity index (χ3v) is 2.82. The molecule has 1 rings (SSSR count). The van der Waals surface area contributed by atoms with Gasteiger partial charge in [-0.1, -0.05) is 31.9 Å². The van der Waals surface area contributed by atoms with Gasteiger partial charge < -0.3 is 9.57 Å². The fourth-order valence-corrected chi connectivity index (χ4v) is 1.91. The molecule has 0 aromatic rings. The molecule has 114 valence electrons. The van der Waals surface area contributed by atoms with Crippen molar-refractivity contribution in [2.75, 3.05) is 6.61 Å². The van der Waals surface area contributed by atoms with E-state index in [0.29, 0.717) is 17.9 Å². The highest BCUT2D eigenvalue weighted by Crippen LogP contribution is 2.25. The average molecular weight is 295 g/mol. The van der Waals surface area contributed by atoms with Crippen LogP contribution in [0.4, 0.5) is 18.0 Å². The molecule has 1 amide bonds. The number of hydroxylamine groups is 2. The number of rotatable bonds is 3. The number of ether oxygens (including phenoxy) is 1. The van der Waals surface area contributed by atoms with Gasteiger partial charge >= 0.3 is 18.2 Å². The molecule has 0 spiro atoms. The average Bonchev–Trinajstić information content (AvgIpc) is 2.41. The van der Waals surface area contributed by atoms with Gasteiger partial charge in [-0.15, -0.1) is 5.06 Å². The number of nitrogens with zero attached hydrogens (tertiary/aromatic N) is 1. The number of hydrogen-bond donors (Lipinski definition) is 0. The van der Waals surface area contributed by atoms with Crippen LogP contribution in [0.3, 0.4) is 0 Å². The lowest BCUT2D eigenvalue weighted by molar-refractivity contribution is -0.238. The molecule has 8 heteroatoms. The van der Waals surface area contributed by atoms with E-state index in [1.165, 1.54) is 6.08 Å². The molecule has 0 aromatic heterocycles. The van der Waals surface area contributed by atoms with Crippen molar-refractivity contribution in [3.8, 4) is 0 Å². The molecule has 0 aromatic carbocycles. The second kappa shape index (κ2) is 7.16. The third kappa shape index (κ3) is 4.75. The summed E-state index contributed by atoms with van der Waals surface area (Å²) in [5.41, 5.74) is 0. The van der Waals surface area contributed by atoms with E-state index in [0.717, 1.165) is 19.3 Å². The monoisotopic (exact) mass is 295 g/mol.